The molecule has 2 saturated heterocycles. The third-order valence-electron chi connectivity index (χ3n) is 19.8. The number of aryl methyl sites for hydroxylation is 7. The first-order chi connectivity index (χ1) is 57.4. The monoisotopic (exact) mass is 1690 g/mol. The number of halogens is 1. The number of imidazole rings is 3. The molecule has 1 aromatic carbocycles. The van der Waals surface area contributed by atoms with Gasteiger partial charge in [-0.05, 0) is 50.6 Å². The molecule has 0 radical (unpaired) electrons. The topological polar surface area (TPSA) is 431 Å². The van der Waals surface area contributed by atoms with Crippen molar-refractivity contribution in [1.29, 1.82) is 0 Å². The highest BCUT2D eigenvalue weighted by molar-refractivity contribution is 7.15. The Hall–Kier alpha value is -10.9. The lowest BCUT2D eigenvalue weighted by atomic mass is 9.99. The van der Waals surface area contributed by atoms with E-state index in [2.05, 4.69) is 91.0 Å². The van der Waals surface area contributed by atoms with Crippen molar-refractivity contribution in [3.63, 3.8) is 0 Å². The number of carbonyl (C=O) groups is 9. The summed E-state index contributed by atoms with van der Waals surface area (Å²) in [5.41, 5.74) is 5.02. The van der Waals surface area contributed by atoms with Crippen molar-refractivity contribution in [2.24, 2.45) is 40.2 Å². The lowest BCUT2D eigenvalue weighted by Crippen LogP contribution is -2.60. The van der Waals surface area contributed by atoms with Gasteiger partial charge in [-0.15, -0.1) is 21.5 Å². The Labute approximate surface area is 696 Å². The van der Waals surface area contributed by atoms with E-state index < -0.39 is 47.4 Å². The maximum absolute atomic E-state index is 13.9. The number of hydrogen-bond acceptors (Lipinski definition) is 25. The van der Waals surface area contributed by atoms with Crippen LogP contribution in [0.25, 0.3) is 5.00 Å². The first-order valence-corrected chi connectivity index (χ1v) is 40.5. The molecular formula is C78H104ClN23O16S. The first kappa shape index (κ1) is 88.9. The number of ether oxygens (including phenoxy) is 7. The van der Waals surface area contributed by atoms with Gasteiger partial charge in [0.15, 0.2) is 23.3 Å². The van der Waals surface area contributed by atoms with E-state index >= 15 is 0 Å². The van der Waals surface area contributed by atoms with Crippen LogP contribution in [-0.2, 0) is 87.6 Å². The zero-order chi connectivity index (χ0) is 84.5. The van der Waals surface area contributed by atoms with E-state index in [-0.39, 0.29) is 109 Å². The van der Waals surface area contributed by atoms with Crippen LogP contribution < -0.4 is 42.5 Å². The first-order valence-electron chi connectivity index (χ1n) is 39.3. The van der Waals surface area contributed by atoms with Gasteiger partial charge in [0.05, 0.1) is 116 Å². The number of nitrogens with one attached hydrogen (secondary N) is 8. The molecule has 0 unspecified atom stereocenters. The molecule has 2 fully saturated rings. The predicted molar refractivity (Wildman–Crippen MR) is 439 cm³/mol. The Kier molecular flexibility index (Phi) is 32.6. The summed E-state index contributed by atoms with van der Waals surface area (Å²) < 4.78 is 49.2. The van der Waals surface area contributed by atoms with Crippen LogP contribution in [0.2, 0.25) is 5.02 Å². The Morgan fingerprint density at radius 3 is 1.54 bits per heavy atom. The van der Waals surface area contributed by atoms with Crippen LogP contribution in [0.15, 0.2) is 78.6 Å². The maximum atomic E-state index is 13.9. The molecule has 3 aliphatic rings. The molecule has 1 atom stereocenters. The van der Waals surface area contributed by atoms with Crippen LogP contribution in [0, 0.1) is 20.8 Å². The molecule has 0 bridgehead atoms. The molecule has 9 amide bonds. The minimum atomic E-state index is -0.635. The molecule has 0 spiro atoms. The van der Waals surface area contributed by atoms with Crippen molar-refractivity contribution < 1.29 is 76.3 Å². The number of benzene rings is 1. The standard InChI is InChI=1S/C78H104ClN23O16S/c1-50-51(2)119-78-67(50)68(53-9-11-54(79)12-10-53)87-58(69-93-92-52(3)102(69)78)43-66(106)100-24-22-99(23-25-100)26-28-113-30-32-115-34-36-117-38-40-118-39-37-116-35-33-114-31-29-112-27-20-80-57-46-101(47-57)65(105)15-18-84-75(109)71-90-61(48-97(71)7)88-63(103)13-16-83-74(108)60-42-56(45-96(60)6)86-77(111)72-91-62(49-98(72)8)89-64(104)14-17-82-73(107)59-41-55(44-95(59)5)85-76(110)70-81-19-21-94(70)4/h9-12,19,21,41-42,44-45,48-49,57-58,80H,13-18,20,22-40,43,46-47H2,1-8H3,(H,82,107)(H,83,108)(H,84,109)(H,85,110)(H,86,111)(H,88,103)(H,89,104)/t58-/m0/s1. The fraction of sp³-hybridized carbons (Fsp3) is 0.500. The summed E-state index contributed by atoms with van der Waals surface area (Å²) in [5.74, 6) is -1.86. The average molecular weight is 1690 g/mol. The van der Waals surface area contributed by atoms with Crippen LogP contribution in [-0.4, -0.2) is 297 Å². The van der Waals surface area contributed by atoms with Crippen molar-refractivity contribution in [3.8, 4) is 5.00 Å². The van der Waals surface area contributed by atoms with Crippen LogP contribution >= 0.6 is 22.9 Å². The van der Waals surface area contributed by atoms with Gasteiger partial charge in [0, 0.05) is 191 Å². The summed E-state index contributed by atoms with van der Waals surface area (Å²) in [6, 6.07) is 10.3. The molecule has 3 aliphatic heterocycles. The molecule has 0 saturated carbocycles. The lowest BCUT2D eigenvalue weighted by molar-refractivity contribution is -0.136. The molecule has 39 nitrogen and oxygen atoms in total. The minimum Gasteiger partial charge on any atom is -0.378 e. The highest BCUT2D eigenvalue weighted by Crippen LogP contribution is 2.40. The van der Waals surface area contributed by atoms with E-state index in [0.717, 1.165) is 52.9 Å². The molecule has 8 N–H and O–H groups in total. The molecule has 11 rings (SSSR count). The van der Waals surface area contributed by atoms with Crippen molar-refractivity contribution in [2.75, 3.05) is 186 Å². The highest BCUT2D eigenvalue weighted by atomic mass is 35.5. The van der Waals surface area contributed by atoms with Crippen LogP contribution in [0.4, 0.5) is 23.0 Å². The van der Waals surface area contributed by atoms with Gasteiger partial charge in [0.25, 0.3) is 29.5 Å². The zero-order valence-electron chi connectivity index (χ0n) is 68.1. The van der Waals surface area contributed by atoms with Crippen LogP contribution in [0.5, 0.6) is 0 Å². The molecule has 7 aromatic heterocycles. The number of aromatic nitrogens is 11. The third kappa shape index (κ3) is 25.1. The zero-order valence-corrected chi connectivity index (χ0v) is 69.7. The van der Waals surface area contributed by atoms with Gasteiger partial charge in [-0.3, -0.25) is 57.6 Å². The number of nitrogens with zero attached hydrogens (tertiary/aromatic N) is 15. The maximum Gasteiger partial charge on any atom is 0.291 e. The van der Waals surface area contributed by atoms with Gasteiger partial charge in [-0.1, -0.05) is 23.7 Å². The van der Waals surface area contributed by atoms with Gasteiger partial charge in [0.1, 0.15) is 28.3 Å². The van der Waals surface area contributed by atoms with E-state index in [9.17, 15) is 43.2 Å². The van der Waals surface area contributed by atoms with Crippen molar-refractivity contribution in [1.82, 2.24) is 88.5 Å². The predicted octanol–water partition coefficient (Wildman–Crippen LogP) is 2.97. The summed E-state index contributed by atoms with van der Waals surface area (Å²) in [7, 11) is 8.08. The Morgan fingerprint density at radius 2 is 1.01 bits per heavy atom. The summed E-state index contributed by atoms with van der Waals surface area (Å²) in [6.07, 6.45) is 9.15. The quantitative estimate of drug-likeness (QED) is 0.0254. The van der Waals surface area contributed by atoms with E-state index in [1.54, 1.807) is 68.4 Å². The summed E-state index contributed by atoms with van der Waals surface area (Å²) >= 11 is 7.97. The molecular weight excluding hydrogens is 1580 g/mol. The number of hydrogen-bond donors (Lipinski definition) is 8. The highest BCUT2D eigenvalue weighted by Gasteiger charge is 2.35. The summed E-state index contributed by atoms with van der Waals surface area (Å²) in [4.78, 5) is 142. The van der Waals surface area contributed by atoms with E-state index in [0.29, 0.717) is 142 Å². The van der Waals surface area contributed by atoms with E-state index in [1.807, 2.05) is 36.1 Å². The fourth-order valence-electron chi connectivity index (χ4n) is 13.3. The van der Waals surface area contributed by atoms with Crippen molar-refractivity contribution >= 4 is 105 Å². The SMILES string of the molecule is Cc1sc2c(c1C)C(c1ccc(Cl)cc1)=N[C@@H](CC(=O)N1CCN(CCOCCOCCOCCOCCOCCOCCOCCNC3CN(C(=O)CCNC(=O)c4nc(NC(=O)CCNC(=O)c5cc(NC(=O)c6nc(NC(=O)CCNC(=O)c7cc(NC(=O)c8nccn8C)cn7C)cn6C)cn5C)cn4C)C3)CC1)c1nnc(C)n1-2. The molecule has 640 valence electrons. The van der Waals surface area contributed by atoms with Gasteiger partial charge < -0.3 is 108 Å². The van der Waals surface area contributed by atoms with Gasteiger partial charge in [0.2, 0.25) is 35.3 Å². The molecule has 0 aliphatic carbocycles. The largest absolute Gasteiger partial charge is 0.378 e. The van der Waals surface area contributed by atoms with E-state index in [1.165, 1.54) is 60.1 Å². The number of rotatable bonds is 46. The number of carbonyl (C=O) groups excluding carboxylic acids is 9. The number of fused-ring (bicyclic) bond motifs is 3. The Balaban J connectivity index is 0.440. The lowest BCUT2D eigenvalue weighted by Gasteiger charge is -2.40. The molecule has 41 heteroatoms. The summed E-state index contributed by atoms with van der Waals surface area (Å²) in [6.45, 7) is 17.7. The van der Waals surface area contributed by atoms with E-state index in [4.69, 9.17) is 49.8 Å². The van der Waals surface area contributed by atoms with Gasteiger partial charge in [-0.2, -0.15) is 0 Å². The van der Waals surface area contributed by atoms with Gasteiger partial charge in [-0.25, -0.2) is 15.0 Å². The van der Waals surface area contributed by atoms with Gasteiger partial charge >= 0.3 is 0 Å². The summed E-state index contributed by atoms with van der Waals surface area (Å²) in [5, 5.41) is 32.8. The number of thiophene rings is 1. The minimum absolute atomic E-state index is 0.0142. The smallest absolute Gasteiger partial charge is 0.291 e. The van der Waals surface area contributed by atoms with Crippen molar-refractivity contribution in [2.45, 2.75) is 58.5 Å². The Bertz CT molecular complexity index is 4850. The Morgan fingerprint density at radius 1 is 0.513 bits per heavy atom. The number of anilines is 4. The fourth-order valence-corrected chi connectivity index (χ4v) is 14.6. The number of likely N-dealkylation sites (tertiary alicyclic amines) is 1. The molecule has 10 heterocycles. The second-order valence-electron chi connectivity index (χ2n) is 28.5. The second kappa shape index (κ2) is 43.7. The third-order valence-corrected chi connectivity index (χ3v) is 21.2. The second-order valence-corrected chi connectivity index (χ2v) is 30.2. The average Bonchev–Trinajstić information content (AvgIpc) is 1.59. The van der Waals surface area contributed by atoms with Crippen molar-refractivity contribution in [3.05, 3.63) is 141 Å². The normalized spacial score (nSPS) is 14.1. The molecule has 8 aromatic rings. The number of piperazine rings is 1. The number of amides is 9. The van der Waals surface area contributed by atoms with Crippen LogP contribution in [0.3, 0.4) is 0 Å². The van der Waals surface area contributed by atoms with Crippen LogP contribution in [0.1, 0.15) is 118 Å². The number of aliphatic imine (C=N–C) groups is 1. The molecule has 119 heavy (non-hydrogen) atoms.